The van der Waals surface area contributed by atoms with Gasteiger partial charge in [-0.1, -0.05) is 19.8 Å². The van der Waals surface area contributed by atoms with Gasteiger partial charge in [-0.05, 0) is 29.2 Å². The molecule has 0 aromatic carbocycles. The smallest absolute Gasteiger partial charge is 0.199 e. The first-order valence-corrected chi connectivity index (χ1v) is 6.73. The van der Waals surface area contributed by atoms with Crippen LogP contribution in [0.2, 0.25) is 0 Å². The zero-order valence-electron chi connectivity index (χ0n) is 11.1. The highest BCUT2D eigenvalue weighted by molar-refractivity contribution is 5.45. The molecule has 0 saturated heterocycles. The molecule has 2 atom stereocenters. The lowest BCUT2D eigenvalue weighted by molar-refractivity contribution is 0.263. The lowest BCUT2D eigenvalue weighted by Crippen LogP contribution is -2.49. The molecular formula is C12H19N7. The van der Waals surface area contributed by atoms with Crippen molar-refractivity contribution in [2.24, 2.45) is 11.7 Å². The van der Waals surface area contributed by atoms with Crippen molar-refractivity contribution in [2.45, 2.75) is 38.1 Å². The summed E-state index contributed by atoms with van der Waals surface area (Å²) in [5.74, 6) is 1.49. The molecule has 3 N–H and O–H groups in total. The minimum absolute atomic E-state index is 0.0699. The average Bonchev–Trinajstić information content (AvgIpc) is 2.88. The van der Waals surface area contributed by atoms with Gasteiger partial charge in [0.25, 0.3) is 0 Å². The van der Waals surface area contributed by atoms with Crippen molar-refractivity contribution in [1.82, 2.24) is 25.0 Å². The van der Waals surface area contributed by atoms with E-state index in [4.69, 9.17) is 5.73 Å². The Morgan fingerprint density at radius 2 is 2.42 bits per heavy atom. The molecule has 3 rings (SSSR count). The van der Waals surface area contributed by atoms with Crippen LogP contribution in [0.15, 0.2) is 12.4 Å². The van der Waals surface area contributed by atoms with Gasteiger partial charge in [0.1, 0.15) is 0 Å². The predicted octanol–water partition coefficient (Wildman–Crippen LogP) is 0.839. The molecule has 1 fully saturated rings. The molecule has 0 radical (unpaired) electrons. The third-order valence-electron chi connectivity index (χ3n) is 3.98. The molecule has 1 aliphatic rings. The predicted molar refractivity (Wildman–Crippen MR) is 71.6 cm³/mol. The molecule has 0 amide bonds. The Kier molecular flexibility index (Phi) is 3.06. The molecule has 0 aliphatic heterocycles. The van der Waals surface area contributed by atoms with Crippen LogP contribution in [0.25, 0.3) is 5.65 Å². The van der Waals surface area contributed by atoms with Gasteiger partial charge < -0.3 is 11.1 Å². The summed E-state index contributed by atoms with van der Waals surface area (Å²) in [6.45, 7) is 2.89. The van der Waals surface area contributed by atoms with E-state index >= 15 is 0 Å². The van der Waals surface area contributed by atoms with Crippen molar-refractivity contribution >= 4 is 11.5 Å². The highest BCUT2D eigenvalue weighted by atomic mass is 15.5. The van der Waals surface area contributed by atoms with Crippen LogP contribution < -0.4 is 11.1 Å². The SMILES string of the molecule is CC1CCCC(CN)(Nc2cncc3nnnn23)C1. The number of nitrogens with zero attached hydrogens (tertiary/aromatic N) is 5. The van der Waals surface area contributed by atoms with Crippen LogP contribution in [0.4, 0.5) is 5.82 Å². The van der Waals surface area contributed by atoms with Gasteiger partial charge in [-0.2, -0.15) is 4.52 Å². The van der Waals surface area contributed by atoms with E-state index in [1.54, 1.807) is 16.9 Å². The average molecular weight is 261 g/mol. The Balaban J connectivity index is 1.92. The van der Waals surface area contributed by atoms with Crippen LogP contribution in [0.3, 0.4) is 0 Å². The second-order valence-corrected chi connectivity index (χ2v) is 5.55. The topological polar surface area (TPSA) is 94.0 Å². The number of hydrogen-bond acceptors (Lipinski definition) is 6. The van der Waals surface area contributed by atoms with Crippen molar-refractivity contribution in [3.8, 4) is 0 Å². The van der Waals surface area contributed by atoms with Crippen LogP contribution in [-0.4, -0.2) is 37.1 Å². The Hall–Kier alpha value is -1.76. The van der Waals surface area contributed by atoms with Gasteiger partial charge in [0.15, 0.2) is 11.5 Å². The third-order valence-corrected chi connectivity index (χ3v) is 3.98. The van der Waals surface area contributed by atoms with E-state index < -0.39 is 0 Å². The molecule has 2 unspecified atom stereocenters. The first-order chi connectivity index (χ1) is 9.22. The molecule has 7 heteroatoms. The van der Waals surface area contributed by atoms with Crippen molar-refractivity contribution in [2.75, 3.05) is 11.9 Å². The molecule has 102 valence electrons. The zero-order chi connectivity index (χ0) is 13.3. The van der Waals surface area contributed by atoms with Gasteiger partial charge in [0.2, 0.25) is 0 Å². The minimum atomic E-state index is -0.0699. The minimum Gasteiger partial charge on any atom is -0.362 e. The number of aromatic nitrogens is 5. The van der Waals surface area contributed by atoms with E-state index in [0.717, 1.165) is 18.7 Å². The molecule has 1 aliphatic carbocycles. The lowest BCUT2D eigenvalue weighted by atomic mass is 9.76. The maximum atomic E-state index is 6.02. The van der Waals surface area contributed by atoms with E-state index in [1.807, 2.05) is 0 Å². The number of rotatable bonds is 3. The quantitative estimate of drug-likeness (QED) is 0.850. The summed E-state index contributed by atoms with van der Waals surface area (Å²) in [4.78, 5) is 4.17. The van der Waals surface area contributed by atoms with Crippen LogP contribution in [0.5, 0.6) is 0 Å². The third kappa shape index (κ3) is 2.25. The van der Waals surface area contributed by atoms with Gasteiger partial charge >= 0.3 is 0 Å². The van der Waals surface area contributed by atoms with Crippen LogP contribution in [-0.2, 0) is 0 Å². The molecule has 2 aromatic rings. The number of fused-ring (bicyclic) bond motifs is 1. The molecule has 1 saturated carbocycles. The monoisotopic (exact) mass is 261 g/mol. The standard InChI is InChI=1S/C12H19N7/c1-9-3-2-4-12(5-9,8-13)15-10-6-14-7-11-16-17-18-19(10)11/h6-7,9,15H,2-5,8,13H2,1H3. The summed E-state index contributed by atoms with van der Waals surface area (Å²) in [6.07, 6.45) is 8.01. The lowest BCUT2D eigenvalue weighted by Gasteiger charge is -2.40. The van der Waals surface area contributed by atoms with Crippen LogP contribution in [0.1, 0.15) is 32.6 Å². The highest BCUT2D eigenvalue weighted by Gasteiger charge is 2.34. The molecular weight excluding hydrogens is 242 g/mol. The number of nitrogens with two attached hydrogens (primary N) is 1. The first kappa shape index (κ1) is 12.3. The van der Waals surface area contributed by atoms with Gasteiger partial charge in [0, 0.05) is 6.54 Å². The summed E-state index contributed by atoms with van der Waals surface area (Å²) < 4.78 is 1.67. The summed E-state index contributed by atoms with van der Waals surface area (Å²) >= 11 is 0. The highest BCUT2D eigenvalue weighted by Crippen LogP contribution is 2.34. The molecule has 19 heavy (non-hydrogen) atoms. The van der Waals surface area contributed by atoms with Crippen LogP contribution in [0, 0.1) is 5.92 Å². The van der Waals surface area contributed by atoms with E-state index in [-0.39, 0.29) is 5.54 Å². The van der Waals surface area contributed by atoms with Gasteiger partial charge in [0.05, 0.1) is 17.9 Å². The van der Waals surface area contributed by atoms with Crippen molar-refractivity contribution in [3.05, 3.63) is 12.4 Å². The second-order valence-electron chi connectivity index (χ2n) is 5.55. The van der Waals surface area contributed by atoms with E-state index in [0.29, 0.717) is 18.1 Å². The fraction of sp³-hybridized carbons (Fsp3) is 0.667. The fourth-order valence-electron chi connectivity index (χ4n) is 3.04. The molecule has 0 bridgehead atoms. The first-order valence-electron chi connectivity index (χ1n) is 6.73. The van der Waals surface area contributed by atoms with Gasteiger partial charge in [-0.3, -0.25) is 4.98 Å². The van der Waals surface area contributed by atoms with Crippen molar-refractivity contribution < 1.29 is 0 Å². The summed E-state index contributed by atoms with van der Waals surface area (Å²) in [7, 11) is 0. The number of hydrogen-bond donors (Lipinski definition) is 2. The maximum absolute atomic E-state index is 6.02. The van der Waals surface area contributed by atoms with Crippen molar-refractivity contribution in [1.29, 1.82) is 0 Å². The maximum Gasteiger partial charge on any atom is 0.199 e. The van der Waals surface area contributed by atoms with Crippen molar-refractivity contribution in [3.63, 3.8) is 0 Å². The molecule has 2 heterocycles. The molecule has 7 nitrogen and oxygen atoms in total. The number of anilines is 1. The molecule has 0 spiro atoms. The number of nitrogens with one attached hydrogen (secondary N) is 1. The Morgan fingerprint density at radius 3 is 3.21 bits per heavy atom. The summed E-state index contributed by atoms with van der Waals surface area (Å²) in [6, 6.07) is 0. The number of tetrazole rings is 1. The van der Waals surface area contributed by atoms with Gasteiger partial charge in [-0.25, -0.2) is 0 Å². The van der Waals surface area contributed by atoms with E-state index in [9.17, 15) is 0 Å². The Labute approximate surface area is 111 Å². The van der Waals surface area contributed by atoms with Crippen LogP contribution >= 0.6 is 0 Å². The fourth-order valence-corrected chi connectivity index (χ4v) is 3.04. The van der Waals surface area contributed by atoms with E-state index in [2.05, 4.69) is 32.7 Å². The summed E-state index contributed by atoms with van der Waals surface area (Å²) in [5.41, 5.74) is 6.59. The molecule has 2 aromatic heterocycles. The second kappa shape index (κ2) is 4.73. The zero-order valence-corrected chi connectivity index (χ0v) is 11.1. The Bertz CT molecular complexity index is 566. The Morgan fingerprint density at radius 1 is 1.53 bits per heavy atom. The summed E-state index contributed by atoms with van der Waals surface area (Å²) in [5, 5.41) is 15.1. The van der Waals surface area contributed by atoms with Gasteiger partial charge in [-0.15, -0.1) is 5.10 Å². The van der Waals surface area contributed by atoms with E-state index in [1.165, 1.54) is 12.8 Å². The largest absolute Gasteiger partial charge is 0.362 e. The normalized spacial score (nSPS) is 27.6.